The first-order chi connectivity index (χ1) is 9.06. The molecule has 0 saturated carbocycles. The molecule has 2 nitrogen and oxygen atoms in total. The van der Waals surface area contributed by atoms with E-state index in [0.717, 1.165) is 36.4 Å². The summed E-state index contributed by atoms with van der Waals surface area (Å²) in [6.07, 6.45) is 0.893. The summed E-state index contributed by atoms with van der Waals surface area (Å²) in [6, 6.07) is 5.64. The van der Waals surface area contributed by atoms with Crippen LogP contribution >= 0.6 is 54.8 Å². The summed E-state index contributed by atoms with van der Waals surface area (Å²) in [4.78, 5) is 0. The third-order valence-corrected chi connectivity index (χ3v) is 5.73. The number of thiophene rings is 1. The van der Waals surface area contributed by atoms with Gasteiger partial charge in [-0.2, -0.15) is 0 Å². The molecule has 1 aromatic carbocycles. The van der Waals surface area contributed by atoms with Crippen LogP contribution in [0.15, 0.2) is 25.8 Å². The lowest BCUT2D eigenvalue weighted by atomic mass is 9.98. The van der Waals surface area contributed by atoms with Crippen LogP contribution in [0, 0.1) is 0 Å². The molecule has 1 atom stereocenters. The number of ether oxygens (including phenoxy) is 1. The Bertz CT molecular complexity index is 644. The van der Waals surface area contributed by atoms with Crippen molar-refractivity contribution >= 4 is 54.8 Å². The van der Waals surface area contributed by atoms with Crippen LogP contribution in [0.5, 0.6) is 5.75 Å². The predicted octanol–water partition coefficient (Wildman–Crippen LogP) is 4.91. The smallest absolute Gasteiger partial charge is 0.127 e. The molecule has 0 saturated heterocycles. The van der Waals surface area contributed by atoms with E-state index in [1.807, 2.05) is 18.2 Å². The molecule has 1 aliphatic rings. The molecule has 2 N–H and O–H groups in total. The second kappa shape index (κ2) is 5.37. The number of hydrogen-bond donors (Lipinski definition) is 1. The van der Waals surface area contributed by atoms with Crippen molar-refractivity contribution in [3.8, 4) is 5.75 Å². The van der Waals surface area contributed by atoms with Gasteiger partial charge >= 0.3 is 0 Å². The maximum absolute atomic E-state index is 6.39. The van der Waals surface area contributed by atoms with Crippen LogP contribution < -0.4 is 10.5 Å². The summed E-state index contributed by atoms with van der Waals surface area (Å²) in [5, 5.41) is 0.708. The van der Waals surface area contributed by atoms with E-state index in [1.54, 1.807) is 11.3 Å². The predicted molar refractivity (Wildman–Crippen MR) is 86.4 cm³/mol. The van der Waals surface area contributed by atoms with Crippen LogP contribution in [-0.4, -0.2) is 6.61 Å². The normalized spacial score (nSPS) is 15.2. The van der Waals surface area contributed by atoms with E-state index < -0.39 is 0 Å². The quantitative estimate of drug-likeness (QED) is 0.745. The third-order valence-electron chi connectivity index (χ3n) is 3.13. The molecule has 0 spiro atoms. The first-order valence-electron chi connectivity index (χ1n) is 5.71. The van der Waals surface area contributed by atoms with Gasteiger partial charge in [0.05, 0.1) is 20.2 Å². The summed E-state index contributed by atoms with van der Waals surface area (Å²) in [5.41, 5.74) is 9.52. The van der Waals surface area contributed by atoms with Gasteiger partial charge in [0, 0.05) is 17.0 Å². The zero-order chi connectivity index (χ0) is 13.6. The van der Waals surface area contributed by atoms with Crippen LogP contribution in [-0.2, 0) is 6.42 Å². The fourth-order valence-corrected chi connectivity index (χ4v) is 5.44. The molecule has 0 aliphatic carbocycles. The molecular formula is C13H10Br2ClNOS. The lowest BCUT2D eigenvalue weighted by Crippen LogP contribution is -2.12. The first-order valence-corrected chi connectivity index (χ1v) is 8.49. The van der Waals surface area contributed by atoms with Gasteiger partial charge in [-0.1, -0.05) is 11.6 Å². The van der Waals surface area contributed by atoms with Gasteiger partial charge in [-0.05, 0) is 61.2 Å². The second-order valence-electron chi connectivity index (χ2n) is 4.34. The summed E-state index contributed by atoms with van der Waals surface area (Å²) < 4.78 is 7.78. The Morgan fingerprint density at radius 2 is 2.05 bits per heavy atom. The van der Waals surface area contributed by atoms with E-state index in [2.05, 4.69) is 31.9 Å². The summed E-state index contributed by atoms with van der Waals surface area (Å²) >= 11 is 14.8. The lowest BCUT2D eigenvalue weighted by Gasteiger charge is -2.16. The Balaban J connectivity index is 2.09. The van der Waals surface area contributed by atoms with Gasteiger partial charge in [-0.25, -0.2) is 0 Å². The van der Waals surface area contributed by atoms with Crippen molar-refractivity contribution in [2.24, 2.45) is 5.73 Å². The summed E-state index contributed by atoms with van der Waals surface area (Å²) in [5.74, 6) is 0.895. The van der Waals surface area contributed by atoms with Gasteiger partial charge in [-0.15, -0.1) is 11.3 Å². The summed E-state index contributed by atoms with van der Waals surface area (Å²) in [7, 11) is 0. The molecule has 0 fully saturated rings. The van der Waals surface area contributed by atoms with E-state index >= 15 is 0 Å². The number of hydrogen-bond acceptors (Lipinski definition) is 3. The van der Waals surface area contributed by atoms with Gasteiger partial charge in [0.25, 0.3) is 0 Å². The highest BCUT2D eigenvalue weighted by Gasteiger charge is 2.24. The molecular weight excluding hydrogens is 413 g/mol. The van der Waals surface area contributed by atoms with Crippen LogP contribution in [0.1, 0.15) is 22.7 Å². The Morgan fingerprint density at radius 1 is 1.26 bits per heavy atom. The molecule has 6 heteroatoms. The van der Waals surface area contributed by atoms with Gasteiger partial charge in [0.15, 0.2) is 0 Å². The highest BCUT2D eigenvalue weighted by atomic mass is 79.9. The van der Waals surface area contributed by atoms with Crippen molar-refractivity contribution in [2.45, 2.75) is 12.5 Å². The number of fused-ring (bicyclic) bond motifs is 1. The topological polar surface area (TPSA) is 35.2 Å². The molecule has 2 aromatic rings. The van der Waals surface area contributed by atoms with Crippen molar-refractivity contribution in [3.05, 3.63) is 47.5 Å². The van der Waals surface area contributed by atoms with Crippen LogP contribution in [0.25, 0.3) is 0 Å². The SMILES string of the molecule is NC(c1cc(Br)sc1Br)c1cc(Cl)cc2c1OCC2. The fourth-order valence-electron chi connectivity index (χ4n) is 2.26. The van der Waals surface area contributed by atoms with Crippen LogP contribution in [0.4, 0.5) is 0 Å². The fraction of sp³-hybridized carbons (Fsp3) is 0.231. The van der Waals surface area contributed by atoms with Crippen molar-refractivity contribution in [1.29, 1.82) is 0 Å². The minimum atomic E-state index is -0.248. The minimum absolute atomic E-state index is 0.248. The molecule has 19 heavy (non-hydrogen) atoms. The third kappa shape index (κ3) is 2.59. The molecule has 3 rings (SSSR count). The minimum Gasteiger partial charge on any atom is -0.493 e. The summed E-state index contributed by atoms with van der Waals surface area (Å²) in [6.45, 7) is 0.698. The Labute approximate surface area is 137 Å². The molecule has 0 bridgehead atoms. The zero-order valence-corrected chi connectivity index (χ0v) is 14.5. The van der Waals surface area contributed by atoms with Gasteiger partial charge in [-0.3, -0.25) is 0 Å². The van der Waals surface area contributed by atoms with E-state index in [9.17, 15) is 0 Å². The average molecular weight is 424 g/mol. The van der Waals surface area contributed by atoms with Gasteiger partial charge < -0.3 is 10.5 Å². The van der Waals surface area contributed by atoms with Gasteiger partial charge in [0.2, 0.25) is 0 Å². The molecule has 1 unspecified atom stereocenters. The maximum Gasteiger partial charge on any atom is 0.127 e. The molecule has 1 aliphatic heterocycles. The molecule has 1 aromatic heterocycles. The van der Waals surface area contributed by atoms with E-state index in [1.165, 1.54) is 0 Å². The van der Waals surface area contributed by atoms with Crippen molar-refractivity contribution in [1.82, 2.24) is 0 Å². The monoisotopic (exact) mass is 421 g/mol. The van der Waals surface area contributed by atoms with Crippen molar-refractivity contribution in [3.63, 3.8) is 0 Å². The number of nitrogens with two attached hydrogens (primary N) is 1. The molecule has 0 amide bonds. The van der Waals surface area contributed by atoms with E-state index in [0.29, 0.717) is 11.6 Å². The average Bonchev–Trinajstić information content (AvgIpc) is 2.93. The Morgan fingerprint density at radius 3 is 2.74 bits per heavy atom. The van der Waals surface area contributed by atoms with Crippen molar-refractivity contribution < 1.29 is 4.74 Å². The molecule has 0 radical (unpaired) electrons. The Kier molecular flexibility index (Phi) is 3.93. The lowest BCUT2D eigenvalue weighted by molar-refractivity contribution is 0.352. The number of benzene rings is 1. The van der Waals surface area contributed by atoms with Crippen molar-refractivity contribution in [2.75, 3.05) is 6.61 Å². The van der Waals surface area contributed by atoms with Crippen LogP contribution in [0.3, 0.4) is 0 Å². The zero-order valence-electron chi connectivity index (χ0n) is 9.75. The molecule has 100 valence electrons. The Hall–Kier alpha value is -0.0700. The maximum atomic E-state index is 6.39. The highest BCUT2D eigenvalue weighted by Crippen LogP contribution is 2.42. The second-order valence-corrected chi connectivity index (χ2v) is 8.52. The first kappa shape index (κ1) is 13.9. The van der Waals surface area contributed by atoms with Crippen LogP contribution in [0.2, 0.25) is 5.02 Å². The molecule has 2 heterocycles. The largest absolute Gasteiger partial charge is 0.493 e. The van der Waals surface area contributed by atoms with E-state index in [4.69, 9.17) is 22.1 Å². The van der Waals surface area contributed by atoms with E-state index in [-0.39, 0.29) is 6.04 Å². The number of rotatable bonds is 2. The van der Waals surface area contributed by atoms with Gasteiger partial charge in [0.1, 0.15) is 5.75 Å². The number of halogens is 3. The standard InChI is InChI=1S/C13H10Br2ClNOS/c14-10-5-9(13(15)19-10)11(17)8-4-7(16)3-6-1-2-18-12(6)8/h3-5,11H,1-2,17H2. The highest BCUT2D eigenvalue weighted by molar-refractivity contribution is 9.12.